The van der Waals surface area contributed by atoms with Crippen molar-refractivity contribution in [3.8, 4) is 0 Å². The molecule has 0 saturated heterocycles. The van der Waals surface area contributed by atoms with Crippen LogP contribution < -0.4 is 5.73 Å². The molecule has 94 valence electrons. The fourth-order valence-electron chi connectivity index (χ4n) is 2.45. The number of aliphatic hydroxyl groups excluding tert-OH is 1. The molecule has 0 aliphatic heterocycles. The van der Waals surface area contributed by atoms with E-state index in [0.29, 0.717) is 18.9 Å². The van der Waals surface area contributed by atoms with Crippen LogP contribution in [0.4, 0.5) is 4.39 Å². The molecule has 1 unspecified atom stereocenters. The Morgan fingerprint density at radius 2 is 2.12 bits per heavy atom. The lowest BCUT2D eigenvalue weighted by molar-refractivity contribution is 0.109. The van der Waals surface area contributed by atoms with E-state index in [-0.39, 0.29) is 17.8 Å². The molecule has 4 heteroatoms. The Hall–Kier alpha value is -0.450. The van der Waals surface area contributed by atoms with Crippen molar-refractivity contribution in [3.63, 3.8) is 0 Å². The Labute approximate surface area is 109 Å². The first kappa shape index (κ1) is 13.0. The van der Waals surface area contributed by atoms with Gasteiger partial charge in [0.1, 0.15) is 5.82 Å². The Morgan fingerprint density at radius 1 is 1.41 bits per heavy atom. The van der Waals surface area contributed by atoms with E-state index in [9.17, 15) is 9.50 Å². The van der Waals surface area contributed by atoms with Gasteiger partial charge in [0.2, 0.25) is 0 Å². The second-order valence-corrected chi connectivity index (χ2v) is 5.87. The van der Waals surface area contributed by atoms with Gasteiger partial charge in [-0.05, 0) is 48.9 Å². The summed E-state index contributed by atoms with van der Waals surface area (Å²) in [5, 5.41) is 9.60. The lowest BCUT2D eigenvalue weighted by Crippen LogP contribution is -2.38. The van der Waals surface area contributed by atoms with Gasteiger partial charge in [-0.3, -0.25) is 0 Å². The monoisotopic (exact) mass is 301 g/mol. The van der Waals surface area contributed by atoms with Gasteiger partial charge >= 0.3 is 0 Å². The third-order valence-electron chi connectivity index (χ3n) is 3.64. The Kier molecular flexibility index (Phi) is 3.85. The molecule has 0 bridgehead atoms. The van der Waals surface area contributed by atoms with E-state index in [1.165, 1.54) is 12.1 Å². The molecule has 1 aliphatic rings. The summed E-state index contributed by atoms with van der Waals surface area (Å²) in [5.41, 5.74) is 6.44. The summed E-state index contributed by atoms with van der Waals surface area (Å²) in [6.45, 7) is 0.518. The third kappa shape index (κ3) is 2.87. The smallest absolute Gasteiger partial charge is 0.124 e. The molecule has 0 aromatic heterocycles. The summed E-state index contributed by atoms with van der Waals surface area (Å²) in [6, 6.07) is 4.85. The fraction of sp³-hybridized carbons (Fsp3) is 0.538. The van der Waals surface area contributed by atoms with Gasteiger partial charge in [-0.2, -0.15) is 0 Å². The number of benzene rings is 1. The van der Waals surface area contributed by atoms with E-state index < -0.39 is 0 Å². The fourth-order valence-corrected chi connectivity index (χ4v) is 2.96. The lowest BCUT2D eigenvalue weighted by Gasteiger charge is -2.30. The predicted octanol–water partition coefficient (Wildman–Crippen LogP) is 2.48. The number of nitrogens with two attached hydrogens (primary N) is 1. The van der Waals surface area contributed by atoms with Gasteiger partial charge in [0.15, 0.2) is 0 Å². The molecule has 0 amide bonds. The molecule has 1 atom stereocenters. The highest BCUT2D eigenvalue weighted by atomic mass is 79.9. The molecule has 2 rings (SSSR count). The molecule has 1 fully saturated rings. The molecule has 1 aliphatic carbocycles. The van der Waals surface area contributed by atoms with Gasteiger partial charge in [-0.1, -0.05) is 15.9 Å². The number of aliphatic hydroxyl groups is 1. The zero-order valence-electron chi connectivity index (χ0n) is 9.63. The van der Waals surface area contributed by atoms with Crippen LogP contribution in [0.1, 0.15) is 18.4 Å². The van der Waals surface area contributed by atoms with Crippen molar-refractivity contribution >= 4 is 15.9 Å². The molecule has 0 spiro atoms. The van der Waals surface area contributed by atoms with E-state index in [4.69, 9.17) is 5.73 Å². The highest BCUT2D eigenvalue weighted by Crippen LogP contribution is 2.46. The first-order valence-electron chi connectivity index (χ1n) is 5.85. The predicted molar refractivity (Wildman–Crippen MR) is 69.1 cm³/mol. The lowest BCUT2D eigenvalue weighted by atomic mass is 9.78. The molecule has 0 radical (unpaired) electrons. The summed E-state index contributed by atoms with van der Waals surface area (Å²) in [7, 11) is 0. The normalized spacial score (nSPS) is 19.1. The molecule has 17 heavy (non-hydrogen) atoms. The van der Waals surface area contributed by atoms with Crippen LogP contribution in [0.25, 0.3) is 0 Å². The van der Waals surface area contributed by atoms with Crippen LogP contribution in [0.15, 0.2) is 22.7 Å². The number of rotatable bonds is 5. The maximum absolute atomic E-state index is 13.3. The summed E-state index contributed by atoms with van der Waals surface area (Å²) in [4.78, 5) is 0. The van der Waals surface area contributed by atoms with Crippen LogP contribution in [-0.2, 0) is 6.42 Å². The second kappa shape index (κ2) is 5.04. The first-order chi connectivity index (χ1) is 8.09. The molecule has 2 nitrogen and oxygen atoms in total. The number of hydrogen-bond donors (Lipinski definition) is 2. The summed E-state index contributed by atoms with van der Waals surface area (Å²) < 4.78 is 14.0. The van der Waals surface area contributed by atoms with Gasteiger partial charge in [0, 0.05) is 16.4 Å². The standard InChI is InChI=1S/C13H17BrFNO/c14-11-3-9(4-12(15)5-11)6-13(7-16,8-17)10-1-2-10/h3-5,10,17H,1-2,6-8,16H2. The zero-order valence-corrected chi connectivity index (χ0v) is 11.2. The molecule has 0 heterocycles. The molecule has 1 aromatic carbocycles. The van der Waals surface area contributed by atoms with Crippen LogP contribution in [0.2, 0.25) is 0 Å². The topological polar surface area (TPSA) is 46.2 Å². The zero-order chi connectivity index (χ0) is 12.5. The number of halogens is 2. The van der Waals surface area contributed by atoms with Crippen molar-refractivity contribution in [1.29, 1.82) is 0 Å². The van der Waals surface area contributed by atoms with E-state index in [2.05, 4.69) is 15.9 Å². The third-order valence-corrected chi connectivity index (χ3v) is 4.10. The average molecular weight is 302 g/mol. The maximum Gasteiger partial charge on any atom is 0.124 e. The second-order valence-electron chi connectivity index (χ2n) is 4.95. The van der Waals surface area contributed by atoms with Crippen molar-refractivity contribution in [3.05, 3.63) is 34.1 Å². The summed E-state index contributed by atoms with van der Waals surface area (Å²) in [5.74, 6) is 0.230. The van der Waals surface area contributed by atoms with Crippen molar-refractivity contribution in [1.82, 2.24) is 0 Å². The highest BCUT2D eigenvalue weighted by molar-refractivity contribution is 9.10. The van der Waals surface area contributed by atoms with Crippen LogP contribution >= 0.6 is 15.9 Å². The first-order valence-corrected chi connectivity index (χ1v) is 6.65. The quantitative estimate of drug-likeness (QED) is 0.878. The number of hydrogen-bond acceptors (Lipinski definition) is 2. The summed E-state index contributed by atoms with van der Waals surface area (Å²) >= 11 is 3.28. The van der Waals surface area contributed by atoms with Gasteiger partial charge in [0.05, 0.1) is 6.61 Å². The Balaban J connectivity index is 2.22. The minimum atomic E-state index is -0.271. The van der Waals surface area contributed by atoms with Crippen molar-refractivity contribution < 1.29 is 9.50 Å². The van der Waals surface area contributed by atoms with Gasteiger partial charge in [-0.25, -0.2) is 4.39 Å². The SMILES string of the molecule is NCC(CO)(Cc1cc(F)cc(Br)c1)C1CC1. The Morgan fingerprint density at radius 3 is 2.59 bits per heavy atom. The molecular weight excluding hydrogens is 285 g/mol. The minimum Gasteiger partial charge on any atom is -0.396 e. The highest BCUT2D eigenvalue weighted by Gasteiger charge is 2.43. The van der Waals surface area contributed by atoms with Crippen LogP contribution in [-0.4, -0.2) is 18.3 Å². The van der Waals surface area contributed by atoms with Crippen molar-refractivity contribution in [2.75, 3.05) is 13.2 Å². The average Bonchev–Trinajstić information content (AvgIpc) is 3.09. The van der Waals surface area contributed by atoms with Gasteiger partial charge in [-0.15, -0.1) is 0 Å². The summed E-state index contributed by atoms with van der Waals surface area (Å²) in [6.07, 6.45) is 2.88. The largest absolute Gasteiger partial charge is 0.396 e. The van der Waals surface area contributed by atoms with Crippen molar-refractivity contribution in [2.45, 2.75) is 19.3 Å². The van der Waals surface area contributed by atoms with Crippen molar-refractivity contribution in [2.24, 2.45) is 17.1 Å². The molecular formula is C13H17BrFNO. The molecule has 1 saturated carbocycles. The minimum absolute atomic E-state index is 0.0717. The maximum atomic E-state index is 13.3. The molecule has 1 aromatic rings. The Bertz CT molecular complexity index is 382. The van der Waals surface area contributed by atoms with E-state index in [1.807, 2.05) is 6.07 Å². The van der Waals surface area contributed by atoms with Crippen LogP contribution in [0.5, 0.6) is 0 Å². The van der Waals surface area contributed by atoms with E-state index >= 15 is 0 Å². The van der Waals surface area contributed by atoms with Crippen LogP contribution in [0.3, 0.4) is 0 Å². The van der Waals surface area contributed by atoms with E-state index in [1.54, 1.807) is 0 Å². The van der Waals surface area contributed by atoms with Gasteiger partial charge in [0.25, 0.3) is 0 Å². The van der Waals surface area contributed by atoms with E-state index in [0.717, 1.165) is 22.9 Å². The van der Waals surface area contributed by atoms with Crippen LogP contribution in [0, 0.1) is 17.2 Å². The molecule has 3 N–H and O–H groups in total. The van der Waals surface area contributed by atoms with Gasteiger partial charge < -0.3 is 10.8 Å².